The number of rotatable bonds is 4. The Morgan fingerprint density at radius 1 is 1.36 bits per heavy atom. The first-order valence-electron chi connectivity index (χ1n) is 8.43. The molecule has 1 aliphatic heterocycles. The molecule has 5 nitrogen and oxygen atoms in total. The van der Waals surface area contributed by atoms with Gasteiger partial charge in [-0.15, -0.1) is 0 Å². The van der Waals surface area contributed by atoms with Gasteiger partial charge in [0.1, 0.15) is 17.3 Å². The first-order chi connectivity index (χ1) is 12.1. The summed E-state index contributed by atoms with van der Waals surface area (Å²) in [5, 5.41) is 2.59. The van der Waals surface area contributed by atoms with Gasteiger partial charge in [0.2, 0.25) is 0 Å². The van der Waals surface area contributed by atoms with Gasteiger partial charge in [0.25, 0.3) is 5.91 Å². The second-order valence-electron chi connectivity index (χ2n) is 6.09. The summed E-state index contributed by atoms with van der Waals surface area (Å²) in [6.07, 6.45) is 7.72. The van der Waals surface area contributed by atoms with E-state index in [1.54, 1.807) is 6.20 Å². The van der Waals surface area contributed by atoms with Crippen LogP contribution >= 0.6 is 11.6 Å². The van der Waals surface area contributed by atoms with E-state index in [4.69, 9.17) is 11.6 Å². The van der Waals surface area contributed by atoms with Crippen molar-refractivity contribution < 1.29 is 9.18 Å². The molecule has 0 saturated carbocycles. The first kappa shape index (κ1) is 17.6. The molecule has 0 spiro atoms. The van der Waals surface area contributed by atoms with Crippen LogP contribution in [-0.2, 0) is 0 Å². The number of carbonyl (C=O) groups is 1. The minimum absolute atomic E-state index is 0.0464. The number of aromatic nitrogens is 2. The van der Waals surface area contributed by atoms with Crippen molar-refractivity contribution >= 4 is 29.0 Å². The number of hydrogen-bond donors (Lipinski definition) is 1. The molecule has 1 aromatic heterocycles. The predicted molar refractivity (Wildman–Crippen MR) is 96.7 cm³/mol. The van der Waals surface area contributed by atoms with Gasteiger partial charge < -0.3 is 10.2 Å². The minimum Gasteiger partial charge on any atom is -0.352 e. The van der Waals surface area contributed by atoms with Crippen LogP contribution in [0.2, 0.25) is 5.02 Å². The van der Waals surface area contributed by atoms with Gasteiger partial charge in [0, 0.05) is 18.3 Å². The van der Waals surface area contributed by atoms with Gasteiger partial charge in [0.05, 0.1) is 17.4 Å². The topological polar surface area (TPSA) is 58.1 Å². The van der Waals surface area contributed by atoms with Crippen molar-refractivity contribution in [1.29, 1.82) is 0 Å². The highest BCUT2D eigenvalue weighted by Gasteiger charge is 2.22. The largest absolute Gasteiger partial charge is 0.352 e. The number of nitrogens with zero attached hydrogens (tertiary/aromatic N) is 3. The number of benzene rings is 1. The van der Waals surface area contributed by atoms with E-state index in [2.05, 4.69) is 27.1 Å². The number of piperidine rings is 1. The molecular weight excluding hydrogens is 343 g/mol. The van der Waals surface area contributed by atoms with Gasteiger partial charge in [-0.1, -0.05) is 18.5 Å². The van der Waals surface area contributed by atoms with E-state index in [1.807, 2.05) is 0 Å². The standard InChI is InChI=1S/C18H20ClFN4O/c1-2-13-5-3-4-8-24(13)17-11-21-16(10-22-17)18(25)23-12-6-7-15(20)14(19)9-12/h6-7,9-11,13H,2-5,8H2,1H3,(H,23,25). The lowest BCUT2D eigenvalue weighted by Crippen LogP contribution is -2.39. The Kier molecular flexibility index (Phi) is 5.48. The van der Waals surface area contributed by atoms with E-state index < -0.39 is 11.7 Å². The van der Waals surface area contributed by atoms with Gasteiger partial charge in [-0.2, -0.15) is 0 Å². The molecule has 1 fully saturated rings. The maximum absolute atomic E-state index is 13.2. The predicted octanol–water partition coefficient (Wildman–Crippen LogP) is 4.29. The summed E-state index contributed by atoms with van der Waals surface area (Å²) in [6.45, 7) is 3.14. The van der Waals surface area contributed by atoms with Crippen molar-refractivity contribution in [3.63, 3.8) is 0 Å². The molecule has 0 bridgehead atoms. The number of halogens is 2. The van der Waals surface area contributed by atoms with Crippen LogP contribution in [0.15, 0.2) is 30.6 Å². The number of carbonyl (C=O) groups excluding carboxylic acids is 1. The average molecular weight is 363 g/mol. The summed E-state index contributed by atoms with van der Waals surface area (Å²) in [4.78, 5) is 23.2. The Bertz CT molecular complexity index is 753. The molecule has 1 N–H and O–H groups in total. The van der Waals surface area contributed by atoms with E-state index in [0.717, 1.165) is 31.6 Å². The Labute approximate surface area is 151 Å². The Hall–Kier alpha value is -2.21. The van der Waals surface area contributed by atoms with Crippen molar-refractivity contribution in [2.45, 2.75) is 38.6 Å². The maximum atomic E-state index is 13.2. The summed E-state index contributed by atoms with van der Waals surface area (Å²) >= 11 is 5.72. The molecule has 1 amide bonds. The molecule has 1 unspecified atom stereocenters. The Morgan fingerprint density at radius 2 is 2.20 bits per heavy atom. The van der Waals surface area contributed by atoms with Crippen molar-refractivity contribution in [3.05, 3.63) is 47.1 Å². The number of amides is 1. The highest BCUT2D eigenvalue weighted by Crippen LogP contribution is 2.24. The number of anilines is 2. The van der Waals surface area contributed by atoms with Crippen LogP contribution in [0.25, 0.3) is 0 Å². The lowest BCUT2D eigenvalue weighted by molar-refractivity contribution is 0.102. The maximum Gasteiger partial charge on any atom is 0.275 e. The minimum atomic E-state index is -0.532. The third kappa shape index (κ3) is 4.07. The molecule has 132 valence electrons. The van der Waals surface area contributed by atoms with Crippen molar-refractivity contribution in [2.75, 3.05) is 16.8 Å². The number of hydrogen-bond acceptors (Lipinski definition) is 4. The van der Waals surface area contributed by atoms with E-state index in [1.165, 1.54) is 30.8 Å². The van der Waals surface area contributed by atoms with Crippen LogP contribution in [0.4, 0.5) is 15.9 Å². The zero-order valence-electron chi connectivity index (χ0n) is 14.0. The van der Waals surface area contributed by atoms with Gasteiger partial charge in [-0.05, 0) is 43.9 Å². The van der Waals surface area contributed by atoms with E-state index >= 15 is 0 Å². The fourth-order valence-electron chi connectivity index (χ4n) is 3.08. The molecule has 7 heteroatoms. The van der Waals surface area contributed by atoms with Gasteiger partial charge in [-0.25, -0.2) is 14.4 Å². The Morgan fingerprint density at radius 3 is 2.88 bits per heavy atom. The summed E-state index contributed by atoms with van der Waals surface area (Å²) in [5.74, 6) is -0.142. The zero-order chi connectivity index (χ0) is 17.8. The van der Waals surface area contributed by atoms with Gasteiger partial charge >= 0.3 is 0 Å². The molecule has 1 aromatic carbocycles. The summed E-state index contributed by atoms with van der Waals surface area (Å²) in [7, 11) is 0. The molecule has 2 heterocycles. The molecule has 25 heavy (non-hydrogen) atoms. The molecule has 2 aromatic rings. The van der Waals surface area contributed by atoms with E-state index in [-0.39, 0.29) is 10.7 Å². The van der Waals surface area contributed by atoms with Crippen molar-refractivity contribution in [3.8, 4) is 0 Å². The van der Waals surface area contributed by atoms with Gasteiger partial charge in [0.15, 0.2) is 0 Å². The monoisotopic (exact) mass is 362 g/mol. The summed E-state index contributed by atoms with van der Waals surface area (Å²) in [6, 6.07) is 4.48. The number of nitrogens with one attached hydrogen (secondary N) is 1. The second-order valence-corrected chi connectivity index (χ2v) is 6.50. The van der Waals surface area contributed by atoms with Crippen molar-refractivity contribution in [1.82, 2.24) is 9.97 Å². The normalized spacial score (nSPS) is 17.4. The zero-order valence-corrected chi connectivity index (χ0v) is 14.8. The van der Waals surface area contributed by atoms with Crippen LogP contribution in [0.5, 0.6) is 0 Å². The fraction of sp³-hybridized carbons (Fsp3) is 0.389. The van der Waals surface area contributed by atoms with Gasteiger partial charge in [-0.3, -0.25) is 4.79 Å². The average Bonchev–Trinajstić information content (AvgIpc) is 2.65. The molecule has 1 saturated heterocycles. The quantitative estimate of drug-likeness (QED) is 0.881. The molecule has 1 atom stereocenters. The molecule has 0 radical (unpaired) electrons. The third-order valence-corrected chi connectivity index (χ3v) is 4.73. The fourth-order valence-corrected chi connectivity index (χ4v) is 3.26. The Balaban J connectivity index is 1.70. The first-order valence-corrected chi connectivity index (χ1v) is 8.81. The lowest BCUT2D eigenvalue weighted by Gasteiger charge is -2.35. The lowest BCUT2D eigenvalue weighted by atomic mass is 10.0. The second kappa shape index (κ2) is 7.78. The molecular formula is C18H20ClFN4O. The summed E-state index contributed by atoms with van der Waals surface area (Å²) in [5.41, 5.74) is 0.610. The van der Waals surface area contributed by atoms with Crippen molar-refractivity contribution in [2.24, 2.45) is 0 Å². The van der Waals surface area contributed by atoms with Crippen LogP contribution < -0.4 is 10.2 Å². The highest BCUT2D eigenvalue weighted by molar-refractivity contribution is 6.31. The van der Waals surface area contributed by atoms with Crippen LogP contribution in [0.1, 0.15) is 43.1 Å². The van der Waals surface area contributed by atoms with Crippen LogP contribution in [-0.4, -0.2) is 28.5 Å². The molecule has 0 aliphatic carbocycles. The molecule has 3 rings (SSSR count). The SMILES string of the molecule is CCC1CCCCN1c1cnc(C(=O)Nc2ccc(F)c(Cl)c2)cn1. The van der Waals surface area contributed by atoms with Crippen LogP contribution in [0.3, 0.4) is 0 Å². The highest BCUT2D eigenvalue weighted by atomic mass is 35.5. The van der Waals surface area contributed by atoms with Crippen LogP contribution in [0, 0.1) is 5.82 Å². The summed E-state index contributed by atoms with van der Waals surface area (Å²) < 4.78 is 13.2. The third-order valence-electron chi connectivity index (χ3n) is 4.44. The van der Waals surface area contributed by atoms with E-state index in [9.17, 15) is 9.18 Å². The van der Waals surface area contributed by atoms with E-state index in [0.29, 0.717) is 11.7 Å². The molecule has 1 aliphatic rings. The smallest absolute Gasteiger partial charge is 0.275 e.